The van der Waals surface area contributed by atoms with Crippen LogP contribution < -0.4 is 0 Å². The van der Waals surface area contributed by atoms with E-state index in [1.807, 2.05) is 19.9 Å². The van der Waals surface area contributed by atoms with Gasteiger partial charge in [-0.1, -0.05) is 12.2 Å². The summed E-state index contributed by atoms with van der Waals surface area (Å²) in [6.45, 7) is 7.16. The number of methoxy groups -OCH3 is 1. The molecule has 0 unspecified atom stereocenters. The van der Waals surface area contributed by atoms with Gasteiger partial charge in [0.1, 0.15) is 0 Å². The second-order valence-electron chi connectivity index (χ2n) is 1.11. The van der Waals surface area contributed by atoms with E-state index in [9.17, 15) is 0 Å². The summed E-state index contributed by atoms with van der Waals surface area (Å²) in [6, 6.07) is 0. The highest BCUT2D eigenvalue weighted by molar-refractivity contribution is 4.63. The summed E-state index contributed by atoms with van der Waals surface area (Å²) in [6.07, 6.45) is 5.21. The van der Waals surface area contributed by atoms with Crippen LogP contribution in [0.2, 0.25) is 0 Å². The number of aliphatic hydroxyl groups is 1. The first kappa shape index (κ1) is 16.1. The third-order valence-corrected chi connectivity index (χ3v) is 0.272. The zero-order chi connectivity index (χ0) is 8.83. The second kappa shape index (κ2) is 41.1. The third kappa shape index (κ3) is 183. The van der Waals surface area contributed by atoms with Gasteiger partial charge in [0.15, 0.2) is 0 Å². The van der Waals surface area contributed by atoms with Gasteiger partial charge in [-0.3, -0.25) is 0 Å². The molecule has 0 amide bonds. The van der Waals surface area contributed by atoms with Gasteiger partial charge in [-0.05, 0) is 13.8 Å². The van der Waals surface area contributed by atoms with E-state index in [1.165, 1.54) is 0 Å². The van der Waals surface area contributed by atoms with Gasteiger partial charge in [0.25, 0.3) is 0 Å². The van der Waals surface area contributed by atoms with Crippen molar-refractivity contribution in [1.29, 1.82) is 0 Å². The Morgan fingerprint density at radius 2 is 1.60 bits per heavy atom. The van der Waals surface area contributed by atoms with E-state index in [4.69, 9.17) is 5.11 Å². The minimum Gasteiger partial charge on any atom is -0.505 e. The number of hydrogen-bond acceptors (Lipinski definition) is 2. The van der Waals surface area contributed by atoms with Crippen molar-refractivity contribution in [3.63, 3.8) is 0 Å². The van der Waals surface area contributed by atoms with Gasteiger partial charge in [0.2, 0.25) is 0 Å². The van der Waals surface area contributed by atoms with Crippen LogP contribution in [0.4, 0.5) is 0 Å². The molecule has 0 rings (SSSR count). The maximum atomic E-state index is 7.00. The van der Waals surface area contributed by atoms with Gasteiger partial charge < -0.3 is 9.84 Å². The minimum absolute atomic E-state index is 1.00. The Morgan fingerprint density at radius 3 is 1.60 bits per heavy atom. The average molecular weight is 146 g/mol. The lowest BCUT2D eigenvalue weighted by atomic mass is 10.7. The summed E-state index contributed by atoms with van der Waals surface area (Å²) in [5.74, 6) is 0. The zero-order valence-corrected chi connectivity index (χ0v) is 7.29. The first-order chi connectivity index (χ1) is 4.83. The third-order valence-electron chi connectivity index (χ3n) is 0.272. The largest absolute Gasteiger partial charge is 0.505 e. The molecule has 0 saturated heterocycles. The Hall–Kier alpha value is -0.760. The van der Waals surface area contributed by atoms with Gasteiger partial charge in [0, 0.05) is 7.11 Å². The molecule has 0 atom stereocenters. The van der Waals surface area contributed by atoms with Gasteiger partial charge >= 0.3 is 0 Å². The van der Waals surface area contributed by atoms with E-state index in [0.29, 0.717) is 0 Å². The molecular weight excluding hydrogens is 128 g/mol. The molecule has 0 fully saturated rings. The van der Waals surface area contributed by atoms with E-state index in [1.54, 1.807) is 19.4 Å². The number of rotatable bonds is 1. The Balaban J connectivity index is -0.0000000847. The Labute approximate surface area is 63.8 Å². The topological polar surface area (TPSA) is 29.5 Å². The molecule has 0 aliphatic carbocycles. The van der Waals surface area contributed by atoms with Crippen molar-refractivity contribution in [2.24, 2.45) is 0 Å². The second-order valence-corrected chi connectivity index (χ2v) is 1.11. The van der Waals surface area contributed by atoms with E-state index >= 15 is 0 Å². The van der Waals surface area contributed by atoms with Gasteiger partial charge in [-0.2, -0.15) is 0 Å². The SMILES string of the molecule is C/C=C\OC.C=CC.CO. The molecule has 0 heterocycles. The van der Waals surface area contributed by atoms with Crippen molar-refractivity contribution in [3.8, 4) is 0 Å². The van der Waals surface area contributed by atoms with Crippen LogP contribution in [-0.4, -0.2) is 19.3 Å². The van der Waals surface area contributed by atoms with Crippen LogP contribution >= 0.6 is 0 Å². The summed E-state index contributed by atoms with van der Waals surface area (Å²) in [4.78, 5) is 0. The first-order valence-electron chi connectivity index (χ1n) is 2.99. The summed E-state index contributed by atoms with van der Waals surface area (Å²) >= 11 is 0. The molecule has 2 nitrogen and oxygen atoms in total. The molecule has 10 heavy (non-hydrogen) atoms. The highest BCUT2D eigenvalue weighted by Crippen LogP contribution is 1.64. The first-order valence-corrected chi connectivity index (χ1v) is 2.99. The number of aliphatic hydroxyl groups excluding tert-OH is 1. The molecule has 0 aromatic heterocycles. The number of allylic oxidation sites excluding steroid dienone is 2. The lowest BCUT2D eigenvalue weighted by Gasteiger charge is -1.76. The summed E-state index contributed by atoms with van der Waals surface area (Å²) in [7, 11) is 2.62. The Morgan fingerprint density at radius 1 is 1.30 bits per heavy atom. The van der Waals surface area contributed by atoms with Crippen molar-refractivity contribution < 1.29 is 9.84 Å². The highest BCUT2D eigenvalue weighted by Gasteiger charge is 1.47. The maximum absolute atomic E-state index is 7.00. The zero-order valence-electron chi connectivity index (χ0n) is 7.29. The Kier molecular flexibility index (Phi) is 66.3. The smallest absolute Gasteiger partial charge is 0.0781 e. The summed E-state index contributed by atoms with van der Waals surface area (Å²) in [5.41, 5.74) is 0. The molecule has 0 bridgehead atoms. The van der Waals surface area contributed by atoms with Crippen molar-refractivity contribution in [2.75, 3.05) is 14.2 Å². The lowest BCUT2D eigenvalue weighted by molar-refractivity contribution is 0.337. The monoisotopic (exact) mass is 146 g/mol. The fourth-order valence-corrected chi connectivity index (χ4v) is 0.136. The van der Waals surface area contributed by atoms with E-state index in [0.717, 1.165) is 7.11 Å². The predicted octanol–water partition coefficient (Wildman–Crippen LogP) is 1.97. The van der Waals surface area contributed by atoms with E-state index < -0.39 is 0 Å². The van der Waals surface area contributed by atoms with Crippen LogP contribution in [0.25, 0.3) is 0 Å². The fourth-order valence-electron chi connectivity index (χ4n) is 0.136. The van der Waals surface area contributed by atoms with Crippen LogP contribution in [0.5, 0.6) is 0 Å². The van der Waals surface area contributed by atoms with E-state index in [-0.39, 0.29) is 0 Å². The molecule has 0 aromatic rings. The summed E-state index contributed by atoms with van der Waals surface area (Å²) < 4.78 is 4.51. The minimum atomic E-state index is 1.00. The maximum Gasteiger partial charge on any atom is 0.0781 e. The van der Waals surface area contributed by atoms with Crippen LogP contribution in [0.3, 0.4) is 0 Å². The van der Waals surface area contributed by atoms with Gasteiger partial charge in [-0.15, -0.1) is 6.58 Å². The van der Waals surface area contributed by atoms with Crippen LogP contribution in [-0.2, 0) is 4.74 Å². The molecule has 0 aromatic carbocycles. The van der Waals surface area contributed by atoms with Crippen molar-refractivity contribution in [3.05, 3.63) is 25.0 Å². The van der Waals surface area contributed by atoms with E-state index in [2.05, 4.69) is 11.3 Å². The lowest BCUT2D eigenvalue weighted by Crippen LogP contribution is -1.57. The molecule has 0 saturated carbocycles. The number of hydrogen-bond donors (Lipinski definition) is 1. The molecular formula is C8H18O2. The van der Waals surface area contributed by atoms with Crippen LogP contribution in [0.1, 0.15) is 13.8 Å². The van der Waals surface area contributed by atoms with Gasteiger partial charge in [0.05, 0.1) is 13.4 Å². The standard InChI is InChI=1S/C4H8O.C3H6.CH4O/c1-3-4-5-2;1-3-2;1-2/h3-4H,1-2H3;3H,1H2,2H3;2H,1H3/b4-3-;;. The quantitative estimate of drug-likeness (QED) is 0.452. The normalized spacial score (nSPS) is 6.50. The van der Waals surface area contributed by atoms with Crippen molar-refractivity contribution in [1.82, 2.24) is 0 Å². The molecule has 0 spiro atoms. The molecule has 0 radical (unpaired) electrons. The predicted molar refractivity (Wildman–Crippen MR) is 45.8 cm³/mol. The molecule has 0 aliphatic heterocycles. The van der Waals surface area contributed by atoms with Crippen LogP contribution in [0.15, 0.2) is 25.0 Å². The highest BCUT2D eigenvalue weighted by atomic mass is 16.5. The molecule has 1 N–H and O–H groups in total. The van der Waals surface area contributed by atoms with Crippen molar-refractivity contribution in [2.45, 2.75) is 13.8 Å². The van der Waals surface area contributed by atoms with Crippen LogP contribution in [0, 0.1) is 0 Å². The number of ether oxygens (including phenoxy) is 1. The Bertz CT molecular complexity index is 58.3. The molecule has 62 valence electrons. The average Bonchev–Trinajstić information content (AvgIpc) is 1.96. The van der Waals surface area contributed by atoms with Crippen molar-refractivity contribution >= 4 is 0 Å². The van der Waals surface area contributed by atoms with Gasteiger partial charge in [-0.25, -0.2) is 0 Å². The fraction of sp³-hybridized carbons (Fsp3) is 0.500. The molecule has 2 heteroatoms. The molecule has 0 aliphatic rings. The summed E-state index contributed by atoms with van der Waals surface area (Å²) in [5, 5.41) is 7.00.